The molecule has 0 spiro atoms. The van der Waals surface area contributed by atoms with Gasteiger partial charge in [0.1, 0.15) is 0 Å². The van der Waals surface area contributed by atoms with E-state index in [0.29, 0.717) is 17.9 Å². The van der Waals surface area contributed by atoms with Crippen LogP contribution in [0.1, 0.15) is 46.5 Å². The highest BCUT2D eigenvalue weighted by molar-refractivity contribution is 5.75. The van der Waals surface area contributed by atoms with Crippen molar-refractivity contribution in [2.75, 3.05) is 19.6 Å². The molecule has 3 atom stereocenters. The molecule has 0 aromatic heterocycles. The van der Waals surface area contributed by atoms with Crippen LogP contribution >= 0.6 is 0 Å². The van der Waals surface area contributed by atoms with Crippen LogP contribution in [0.3, 0.4) is 0 Å². The predicted molar refractivity (Wildman–Crippen MR) is 69.9 cm³/mol. The second-order valence-corrected chi connectivity index (χ2v) is 6.04. The number of hydrogen-bond acceptors (Lipinski definition) is 1. The quantitative estimate of drug-likeness (QED) is 0.636. The Morgan fingerprint density at radius 1 is 1.06 bits per heavy atom. The van der Waals surface area contributed by atoms with E-state index < -0.39 is 0 Å². The van der Waals surface area contributed by atoms with Crippen LogP contribution in [-0.2, 0) is 0 Å². The van der Waals surface area contributed by atoms with Crippen molar-refractivity contribution in [3.8, 4) is 0 Å². The minimum atomic E-state index is 0.288. The number of nitrogens with zero attached hydrogens (tertiary/aromatic N) is 2. The first-order chi connectivity index (χ1) is 8.09. The van der Waals surface area contributed by atoms with Gasteiger partial charge in [0, 0.05) is 25.7 Å². The minimum absolute atomic E-state index is 0.288. The SMILES string of the molecule is CC1CC(C)C(C)N(C(=O)N2CCCCC2)C1. The summed E-state index contributed by atoms with van der Waals surface area (Å²) in [5.41, 5.74) is 0. The van der Waals surface area contributed by atoms with Crippen molar-refractivity contribution in [1.29, 1.82) is 0 Å². The maximum Gasteiger partial charge on any atom is 0.320 e. The molecule has 0 aliphatic carbocycles. The average molecular weight is 238 g/mol. The maximum atomic E-state index is 12.5. The van der Waals surface area contributed by atoms with Crippen molar-refractivity contribution in [1.82, 2.24) is 9.80 Å². The molecule has 0 bridgehead atoms. The van der Waals surface area contributed by atoms with E-state index in [9.17, 15) is 4.79 Å². The predicted octanol–water partition coefficient (Wildman–Crippen LogP) is 2.96. The number of amides is 2. The number of urea groups is 1. The fraction of sp³-hybridized carbons (Fsp3) is 0.929. The highest BCUT2D eigenvalue weighted by Gasteiger charge is 2.34. The highest BCUT2D eigenvalue weighted by Crippen LogP contribution is 2.28. The maximum absolute atomic E-state index is 12.5. The molecule has 2 amide bonds. The molecule has 0 aromatic rings. The molecule has 3 nitrogen and oxygen atoms in total. The Labute approximate surface area is 105 Å². The summed E-state index contributed by atoms with van der Waals surface area (Å²) in [4.78, 5) is 16.7. The van der Waals surface area contributed by atoms with Crippen LogP contribution in [0.2, 0.25) is 0 Å². The first-order valence-corrected chi connectivity index (χ1v) is 7.15. The van der Waals surface area contributed by atoms with Gasteiger partial charge in [-0.3, -0.25) is 0 Å². The second-order valence-electron chi connectivity index (χ2n) is 6.04. The average Bonchev–Trinajstić information content (AvgIpc) is 2.34. The van der Waals surface area contributed by atoms with Gasteiger partial charge in [-0.2, -0.15) is 0 Å². The summed E-state index contributed by atoms with van der Waals surface area (Å²) < 4.78 is 0. The van der Waals surface area contributed by atoms with Crippen LogP contribution in [0.15, 0.2) is 0 Å². The van der Waals surface area contributed by atoms with Crippen molar-refractivity contribution in [3.63, 3.8) is 0 Å². The number of carbonyl (C=O) groups excluding carboxylic acids is 1. The summed E-state index contributed by atoms with van der Waals surface area (Å²) in [6.07, 6.45) is 4.90. The van der Waals surface area contributed by atoms with E-state index in [1.165, 1.54) is 25.7 Å². The number of hydrogen-bond donors (Lipinski definition) is 0. The van der Waals surface area contributed by atoms with Gasteiger partial charge in [0.05, 0.1) is 0 Å². The summed E-state index contributed by atoms with van der Waals surface area (Å²) in [6, 6.07) is 0.691. The molecule has 0 aromatic carbocycles. The van der Waals surface area contributed by atoms with E-state index in [4.69, 9.17) is 0 Å². The summed E-state index contributed by atoms with van der Waals surface area (Å²) in [7, 11) is 0. The van der Waals surface area contributed by atoms with Crippen molar-refractivity contribution < 1.29 is 4.79 Å². The molecule has 2 aliphatic rings. The van der Waals surface area contributed by atoms with E-state index in [2.05, 4.69) is 30.6 Å². The lowest BCUT2D eigenvalue weighted by atomic mass is 9.86. The molecular weight excluding hydrogens is 212 g/mol. The fourth-order valence-corrected chi connectivity index (χ4v) is 3.23. The van der Waals surface area contributed by atoms with Crippen LogP contribution in [0.4, 0.5) is 4.79 Å². The minimum Gasteiger partial charge on any atom is -0.325 e. The topological polar surface area (TPSA) is 23.6 Å². The van der Waals surface area contributed by atoms with Gasteiger partial charge in [-0.1, -0.05) is 13.8 Å². The number of likely N-dealkylation sites (tertiary alicyclic amines) is 2. The molecule has 3 heteroatoms. The van der Waals surface area contributed by atoms with Crippen molar-refractivity contribution in [2.24, 2.45) is 11.8 Å². The van der Waals surface area contributed by atoms with Crippen LogP contribution in [0.25, 0.3) is 0 Å². The Hall–Kier alpha value is -0.730. The van der Waals surface area contributed by atoms with E-state index in [1.807, 2.05) is 0 Å². The zero-order valence-electron chi connectivity index (χ0n) is 11.5. The zero-order chi connectivity index (χ0) is 12.4. The first-order valence-electron chi connectivity index (χ1n) is 7.15. The highest BCUT2D eigenvalue weighted by atomic mass is 16.2. The lowest BCUT2D eigenvalue weighted by molar-refractivity contribution is 0.0738. The van der Waals surface area contributed by atoms with Crippen LogP contribution in [0, 0.1) is 11.8 Å². The van der Waals surface area contributed by atoms with E-state index in [-0.39, 0.29) is 6.03 Å². The van der Waals surface area contributed by atoms with Gasteiger partial charge in [-0.05, 0) is 44.4 Å². The van der Waals surface area contributed by atoms with Crippen molar-refractivity contribution in [3.05, 3.63) is 0 Å². The largest absolute Gasteiger partial charge is 0.325 e. The van der Waals surface area contributed by atoms with Gasteiger partial charge < -0.3 is 9.80 Å². The third-order valence-corrected chi connectivity index (χ3v) is 4.47. The smallest absolute Gasteiger partial charge is 0.320 e. The Morgan fingerprint density at radius 2 is 1.71 bits per heavy atom. The molecule has 0 radical (unpaired) electrons. The van der Waals surface area contributed by atoms with Crippen LogP contribution in [-0.4, -0.2) is 41.5 Å². The van der Waals surface area contributed by atoms with Crippen LogP contribution in [0.5, 0.6) is 0 Å². The normalized spacial score (nSPS) is 34.9. The molecular formula is C14H26N2O. The monoisotopic (exact) mass is 238 g/mol. The molecule has 2 saturated heterocycles. The third kappa shape index (κ3) is 2.75. The van der Waals surface area contributed by atoms with E-state index >= 15 is 0 Å². The van der Waals surface area contributed by atoms with Crippen molar-refractivity contribution in [2.45, 2.75) is 52.5 Å². The van der Waals surface area contributed by atoms with Gasteiger partial charge in [-0.15, -0.1) is 0 Å². The lowest BCUT2D eigenvalue weighted by Crippen LogP contribution is -2.54. The number of piperidine rings is 2. The summed E-state index contributed by atoms with van der Waals surface area (Å²) >= 11 is 0. The first kappa shape index (κ1) is 12.7. The van der Waals surface area contributed by atoms with Gasteiger partial charge in [0.2, 0.25) is 0 Å². The molecule has 2 aliphatic heterocycles. The number of carbonyl (C=O) groups is 1. The number of rotatable bonds is 0. The summed E-state index contributed by atoms with van der Waals surface area (Å²) in [5.74, 6) is 1.28. The zero-order valence-corrected chi connectivity index (χ0v) is 11.5. The Morgan fingerprint density at radius 3 is 2.35 bits per heavy atom. The molecule has 2 fully saturated rings. The van der Waals surface area contributed by atoms with Gasteiger partial charge >= 0.3 is 6.03 Å². The molecule has 2 rings (SSSR count). The lowest BCUT2D eigenvalue weighted by Gasteiger charge is -2.43. The molecule has 2 heterocycles. The Balaban J connectivity index is 2.01. The Kier molecular flexibility index (Phi) is 3.95. The van der Waals surface area contributed by atoms with Gasteiger partial charge in [0.25, 0.3) is 0 Å². The summed E-state index contributed by atoms with van der Waals surface area (Å²) in [5, 5.41) is 0. The molecule has 3 unspecified atom stereocenters. The fourth-order valence-electron chi connectivity index (χ4n) is 3.23. The van der Waals surface area contributed by atoms with Crippen LogP contribution < -0.4 is 0 Å². The molecule has 98 valence electrons. The molecule has 17 heavy (non-hydrogen) atoms. The van der Waals surface area contributed by atoms with E-state index in [0.717, 1.165) is 19.6 Å². The van der Waals surface area contributed by atoms with Gasteiger partial charge in [0.15, 0.2) is 0 Å². The van der Waals surface area contributed by atoms with Crippen molar-refractivity contribution >= 4 is 6.03 Å². The van der Waals surface area contributed by atoms with E-state index in [1.54, 1.807) is 0 Å². The second kappa shape index (κ2) is 5.28. The Bertz CT molecular complexity index is 273. The standard InChI is InChI=1S/C14H26N2O/c1-11-9-12(2)13(3)16(10-11)14(17)15-7-5-4-6-8-15/h11-13H,4-10H2,1-3H3. The summed E-state index contributed by atoms with van der Waals surface area (Å²) in [6.45, 7) is 9.62. The third-order valence-electron chi connectivity index (χ3n) is 4.47. The molecule has 0 saturated carbocycles. The van der Waals surface area contributed by atoms with Gasteiger partial charge in [-0.25, -0.2) is 4.79 Å². The molecule has 0 N–H and O–H groups in total.